The third-order valence-corrected chi connectivity index (χ3v) is 4.56. The van der Waals surface area contributed by atoms with Gasteiger partial charge in [0.25, 0.3) is 0 Å². The van der Waals surface area contributed by atoms with Crippen molar-refractivity contribution in [2.45, 2.75) is 65.2 Å². The molecule has 0 saturated carbocycles. The van der Waals surface area contributed by atoms with Crippen molar-refractivity contribution in [3.8, 4) is 0 Å². The number of rotatable bonds is 10. The summed E-state index contributed by atoms with van der Waals surface area (Å²) in [5.74, 6) is 0. The van der Waals surface area contributed by atoms with E-state index < -0.39 is 0 Å². The van der Waals surface area contributed by atoms with E-state index in [-0.39, 0.29) is 27.3 Å². The third kappa shape index (κ3) is 23.1. The zero-order valence-corrected chi connectivity index (χ0v) is 22.3. The van der Waals surface area contributed by atoms with E-state index in [1.165, 1.54) is 51.4 Å². The van der Waals surface area contributed by atoms with Crippen LogP contribution in [0.5, 0.6) is 0 Å². The minimum Gasteiger partial charge on any atom is -0.411 e. The summed E-state index contributed by atoms with van der Waals surface area (Å²) in [7, 11) is 3.92. The maximum absolute atomic E-state index is 4.84. The van der Waals surface area contributed by atoms with Gasteiger partial charge in [-0.05, 0) is 12.8 Å². The van der Waals surface area contributed by atoms with Gasteiger partial charge in [0.05, 0.1) is 0 Å². The van der Waals surface area contributed by atoms with E-state index in [1.54, 1.807) is 0 Å². The van der Waals surface area contributed by atoms with Gasteiger partial charge in [-0.25, -0.2) is 0 Å². The SMILES string of the molecule is CCCCCCN(C)C(=S)[S-].CCCCCCN(C)C(=S)[S-].[Pb+2]. The number of hydrogen-bond acceptors (Lipinski definition) is 4. The van der Waals surface area contributed by atoms with Crippen LogP contribution in [0.2, 0.25) is 0 Å². The topological polar surface area (TPSA) is 6.48 Å². The Morgan fingerprint density at radius 1 is 0.696 bits per heavy atom. The maximum atomic E-state index is 4.84. The Bertz CT molecular complexity index is 263. The van der Waals surface area contributed by atoms with Gasteiger partial charge in [0.2, 0.25) is 0 Å². The predicted molar refractivity (Wildman–Crippen MR) is 119 cm³/mol. The molecule has 2 nitrogen and oxygen atoms in total. The molecule has 0 N–H and O–H groups in total. The first kappa shape index (κ1) is 28.9. The minimum absolute atomic E-state index is 0. The van der Waals surface area contributed by atoms with Gasteiger partial charge >= 0.3 is 27.3 Å². The van der Waals surface area contributed by atoms with Crippen LogP contribution in [-0.2, 0) is 25.3 Å². The molecule has 0 aromatic rings. The Morgan fingerprint density at radius 3 is 1.22 bits per heavy atom. The van der Waals surface area contributed by atoms with Crippen LogP contribution >= 0.6 is 24.4 Å². The standard InChI is InChI=1S/2C8H17NS2.Pb/c2*1-3-4-5-6-7-9(2)8(10)11;/h2*3-7H2,1-2H3,(H,10,11);/q;;+2/p-2. The van der Waals surface area contributed by atoms with Gasteiger partial charge in [-0.3, -0.25) is 0 Å². The van der Waals surface area contributed by atoms with Crippen LogP contribution in [0.25, 0.3) is 0 Å². The molecule has 0 heterocycles. The summed E-state index contributed by atoms with van der Waals surface area (Å²) in [5, 5.41) is 0. The second-order valence-electron chi connectivity index (χ2n) is 5.50. The van der Waals surface area contributed by atoms with Crippen LogP contribution in [0.3, 0.4) is 0 Å². The summed E-state index contributed by atoms with van der Waals surface area (Å²) in [6.45, 7) is 6.45. The molecule has 2 radical (unpaired) electrons. The molecule has 0 amide bonds. The Morgan fingerprint density at radius 2 is 1.00 bits per heavy atom. The Balaban J connectivity index is -0.000000333. The summed E-state index contributed by atoms with van der Waals surface area (Å²) < 4.78 is 1.17. The monoisotopic (exact) mass is 588 g/mol. The summed E-state index contributed by atoms with van der Waals surface area (Å²) in [5.41, 5.74) is 0. The third-order valence-electron chi connectivity index (χ3n) is 3.32. The van der Waals surface area contributed by atoms with Crippen LogP contribution in [0.1, 0.15) is 65.2 Å². The van der Waals surface area contributed by atoms with E-state index in [1.807, 2.05) is 23.9 Å². The van der Waals surface area contributed by atoms with E-state index in [9.17, 15) is 0 Å². The van der Waals surface area contributed by atoms with Crippen LogP contribution in [0.15, 0.2) is 0 Å². The van der Waals surface area contributed by atoms with E-state index in [4.69, 9.17) is 49.7 Å². The normalized spacial score (nSPS) is 9.22. The quantitative estimate of drug-likeness (QED) is 0.162. The number of thiocarbonyl (C=S) groups is 2. The zero-order chi connectivity index (χ0) is 17.4. The fraction of sp³-hybridized carbons (Fsp3) is 0.875. The summed E-state index contributed by atoms with van der Waals surface area (Å²) in [6, 6.07) is 0. The van der Waals surface area contributed by atoms with Crippen molar-refractivity contribution in [2.75, 3.05) is 27.2 Å². The van der Waals surface area contributed by atoms with Gasteiger partial charge in [0.15, 0.2) is 0 Å². The Labute approximate surface area is 186 Å². The second kappa shape index (κ2) is 21.2. The minimum atomic E-state index is 0. The van der Waals surface area contributed by atoms with E-state index in [0.717, 1.165) is 13.1 Å². The number of unbranched alkanes of at least 4 members (excludes halogenated alkanes) is 6. The molecule has 0 fully saturated rings. The molecule has 0 aromatic carbocycles. The molecule has 0 atom stereocenters. The van der Waals surface area contributed by atoms with Gasteiger partial charge in [-0.15, -0.1) is 0 Å². The van der Waals surface area contributed by atoms with Gasteiger partial charge < -0.3 is 59.5 Å². The molecule has 134 valence electrons. The molecular weight excluding hydrogens is 556 g/mol. The van der Waals surface area contributed by atoms with Gasteiger partial charge in [-0.1, -0.05) is 61.0 Å². The van der Waals surface area contributed by atoms with Crippen molar-refractivity contribution in [3.63, 3.8) is 0 Å². The molecule has 0 rings (SSSR count). The molecule has 0 unspecified atom stereocenters. The van der Waals surface area contributed by atoms with Crippen molar-refractivity contribution < 1.29 is 0 Å². The second-order valence-corrected chi connectivity index (χ2v) is 7.56. The predicted octanol–water partition coefficient (Wildman–Crippen LogP) is 4.28. The van der Waals surface area contributed by atoms with Gasteiger partial charge in [0, 0.05) is 27.2 Å². The first-order chi connectivity index (χ1) is 10.4. The fourth-order valence-corrected chi connectivity index (χ4v) is 2.10. The largest absolute Gasteiger partial charge is 2.00 e. The van der Waals surface area contributed by atoms with Crippen LogP contribution in [0.4, 0.5) is 0 Å². The summed E-state index contributed by atoms with van der Waals surface area (Å²) in [4.78, 5) is 3.92. The molecule has 0 aliphatic rings. The van der Waals surface area contributed by atoms with Crippen molar-refractivity contribution in [1.29, 1.82) is 0 Å². The van der Waals surface area contributed by atoms with Gasteiger partial charge in [-0.2, -0.15) is 0 Å². The molecule has 0 aliphatic carbocycles. The first-order valence-corrected chi connectivity index (χ1v) is 9.84. The number of nitrogens with zero attached hydrogens (tertiary/aromatic N) is 2. The van der Waals surface area contributed by atoms with Gasteiger partial charge in [0.1, 0.15) is 0 Å². The maximum Gasteiger partial charge on any atom is 2.00 e. The average molecular weight is 588 g/mol. The molecule has 0 bridgehead atoms. The molecule has 0 spiro atoms. The number of hydrogen-bond donors (Lipinski definition) is 0. The molecule has 7 heteroatoms. The fourth-order valence-electron chi connectivity index (χ4n) is 1.73. The summed E-state index contributed by atoms with van der Waals surface area (Å²) in [6.07, 6.45) is 10.2. The smallest absolute Gasteiger partial charge is 0.411 e. The van der Waals surface area contributed by atoms with Crippen molar-refractivity contribution in [2.24, 2.45) is 0 Å². The molecular formula is C16H32N2PbS4. The van der Waals surface area contributed by atoms with Crippen LogP contribution in [-0.4, -0.2) is 72.9 Å². The van der Waals surface area contributed by atoms with Crippen molar-refractivity contribution in [1.82, 2.24) is 9.80 Å². The summed E-state index contributed by atoms with van der Waals surface area (Å²) >= 11 is 19.3. The molecule has 0 aromatic heterocycles. The Hall–Kier alpha value is 1.14. The molecule has 0 saturated heterocycles. The van der Waals surface area contributed by atoms with E-state index in [2.05, 4.69) is 13.8 Å². The Kier molecular flexibility index (Phi) is 26.6. The van der Waals surface area contributed by atoms with E-state index in [0.29, 0.717) is 8.64 Å². The molecule has 23 heavy (non-hydrogen) atoms. The van der Waals surface area contributed by atoms with Crippen molar-refractivity contribution in [3.05, 3.63) is 0 Å². The van der Waals surface area contributed by atoms with E-state index >= 15 is 0 Å². The average Bonchev–Trinajstić information content (AvgIpc) is 2.48. The van der Waals surface area contributed by atoms with Crippen LogP contribution < -0.4 is 0 Å². The zero-order valence-electron chi connectivity index (χ0n) is 15.1. The molecule has 0 aliphatic heterocycles. The first-order valence-electron chi connectivity index (χ1n) is 8.20. The van der Waals surface area contributed by atoms with Crippen LogP contribution in [0, 0.1) is 0 Å². The van der Waals surface area contributed by atoms with Crippen molar-refractivity contribution >= 4 is 85.6 Å².